The van der Waals surface area contributed by atoms with Gasteiger partial charge in [-0.15, -0.1) is 0 Å². The molecule has 1 saturated carbocycles. The molecule has 1 rings (SSSR count). The monoisotopic (exact) mass is 197 g/mol. The van der Waals surface area contributed by atoms with Crippen LogP contribution in [0.25, 0.3) is 0 Å². The van der Waals surface area contributed by atoms with Gasteiger partial charge in [0.1, 0.15) is 0 Å². The van der Waals surface area contributed by atoms with Gasteiger partial charge in [-0.25, -0.2) is 0 Å². The molecule has 2 unspecified atom stereocenters. The molecule has 1 aliphatic rings. The molecule has 0 spiro atoms. The van der Waals surface area contributed by atoms with Crippen molar-refractivity contribution in [1.82, 2.24) is 0 Å². The highest BCUT2D eigenvalue weighted by molar-refractivity contribution is 5.03. The summed E-state index contributed by atoms with van der Waals surface area (Å²) < 4.78 is 0. The van der Waals surface area contributed by atoms with E-state index in [0.717, 1.165) is 0 Å². The minimum absolute atomic E-state index is 0.0550. The summed E-state index contributed by atoms with van der Waals surface area (Å²) in [5, 5.41) is 0. The molecule has 0 aromatic carbocycles. The van der Waals surface area contributed by atoms with E-state index in [2.05, 4.69) is 34.6 Å². The highest BCUT2D eigenvalue weighted by Crippen LogP contribution is 2.47. The SMILES string of the molecule is CC(C)C(C)C1(N)CCCCC1(C)C. The fraction of sp³-hybridized carbons (Fsp3) is 1.00. The largest absolute Gasteiger partial charge is 0.324 e. The highest BCUT2D eigenvalue weighted by Gasteiger charge is 2.47. The summed E-state index contributed by atoms with van der Waals surface area (Å²) in [6, 6.07) is 0. The van der Waals surface area contributed by atoms with E-state index in [9.17, 15) is 0 Å². The van der Waals surface area contributed by atoms with Gasteiger partial charge in [0.15, 0.2) is 0 Å². The molecule has 1 nitrogen and oxygen atoms in total. The van der Waals surface area contributed by atoms with Gasteiger partial charge in [-0.1, -0.05) is 47.5 Å². The van der Waals surface area contributed by atoms with Crippen LogP contribution >= 0.6 is 0 Å². The maximum absolute atomic E-state index is 6.68. The van der Waals surface area contributed by atoms with Gasteiger partial charge in [0, 0.05) is 5.54 Å². The van der Waals surface area contributed by atoms with Crippen LogP contribution in [0.5, 0.6) is 0 Å². The second-order valence-corrected chi connectivity index (χ2v) is 6.16. The molecule has 0 aromatic rings. The molecule has 14 heavy (non-hydrogen) atoms. The zero-order valence-electron chi connectivity index (χ0n) is 10.6. The summed E-state index contributed by atoms with van der Waals surface area (Å²) in [7, 11) is 0. The summed E-state index contributed by atoms with van der Waals surface area (Å²) in [6.45, 7) is 11.6. The summed E-state index contributed by atoms with van der Waals surface area (Å²) in [6.07, 6.45) is 5.17. The predicted octanol–water partition coefficient (Wildman–Crippen LogP) is 3.58. The smallest absolute Gasteiger partial charge is 0.0234 e. The Hall–Kier alpha value is -0.0400. The topological polar surface area (TPSA) is 26.0 Å². The molecule has 2 atom stereocenters. The first-order chi connectivity index (χ1) is 6.31. The standard InChI is InChI=1S/C13H27N/c1-10(2)11(3)13(14)9-7-6-8-12(13,4)5/h10-11H,6-9,14H2,1-5H3. The van der Waals surface area contributed by atoms with Gasteiger partial charge >= 0.3 is 0 Å². The molecule has 0 saturated heterocycles. The van der Waals surface area contributed by atoms with Crippen molar-refractivity contribution in [3.8, 4) is 0 Å². The Bertz CT molecular complexity index is 195. The maximum Gasteiger partial charge on any atom is 0.0234 e. The highest BCUT2D eigenvalue weighted by atomic mass is 14.8. The van der Waals surface area contributed by atoms with Crippen LogP contribution < -0.4 is 5.73 Å². The Morgan fingerprint density at radius 3 is 1.93 bits per heavy atom. The van der Waals surface area contributed by atoms with Gasteiger partial charge in [-0.05, 0) is 30.1 Å². The van der Waals surface area contributed by atoms with E-state index < -0.39 is 0 Å². The van der Waals surface area contributed by atoms with E-state index in [-0.39, 0.29) is 5.54 Å². The van der Waals surface area contributed by atoms with Crippen molar-refractivity contribution < 1.29 is 0 Å². The zero-order chi connectivity index (χ0) is 11.0. The predicted molar refractivity (Wildman–Crippen MR) is 63.2 cm³/mol. The number of rotatable bonds is 2. The minimum Gasteiger partial charge on any atom is -0.324 e. The third-order valence-electron chi connectivity index (χ3n) is 4.71. The number of hydrogen-bond acceptors (Lipinski definition) is 1. The van der Waals surface area contributed by atoms with E-state index in [4.69, 9.17) is 5.73 Å². The van der Waals surface area contributed by atoms with E-state index in [1.165, 1.54) is 25.7 Å². The van der Waals surface area contributed by atoms with Crippen molar-refractivity contribution in [1.29, 1.82) is 0 Å². The minimum atomic E-state index is 0.0550. The van der Waals surface area contributed by atoms with Gasteiger partial charge in [0.25, 0.3) is 0 Å². The second kappa shape index (κ2) is 3.84. The molecule has 0 aliphatic heterocycles. The second-order valence-electron chi connectivity index (χ2n) is 6.16. The lowest BCUT2D eigenvalue weighted by Crippen LogP contribution is -2.60. The van der Waals surface area contributed by atoms with Crippen molar-refractivity contribution >= 4 is 0 Å². The lowest BCUT2D eigenvalue weighted by Gasteiger charge is -2.52. The molecule has 0 aromatic heterocycles. The van der Waals surface area contributed by atoms with E-state index in [0.29, 0.717) is 17.3 Å². The molecule has 0 heterocycles. The lowest BCUT2D eigenvalue weighted by molar-refractivity contribution is 0.0320. The van der Waals surface area contributed by atoms with Crippen molar-refractivity contribution in [2.24, 2.45) is 23.0 Å². The molecule has 1 fully saturated rings. The van der Waals surface area contributed by atoms with E-state index in [1.807, 2.05) is 0 Å². The number of hydrogen-bond donors (Lipinski definition) is 1. The summed E-state index contributed by atoms with van der Waals surface area (Å²) in [5.74, 6) is 1.31. The van der Waals surface area contributed by atoms with Crippen LogP contribution in [-0.4, -0.2) is 5.54 Å². The normalized spacial score (nSPS) is 34.5. The van der Waals surface area contributed by atoms with Crippen molar-refractivity contribution in [2.75, 3.05) is 0 Å². The summed E-state index contributed by atoms with van der Waals surface area (Å²) in [4.78, 5) is 0. The average Bonchev–Trinajstić information content (AvgIpc) is 2.08. The van der Waals surface area contributed by atoms with Crippen LogP contribution in [0.15, 0.2) is 0 Å². The van der Waals surface area contributed by atoms with Crippen LogP contribution in [0.1, 0.15) is 60.3 Å². The first-order valence-corrected chi connectivity index (χ1v) is 6.10. The Morgan fingerprint density at radius 1 is 1.00 bits per heavy atom. The third kappa shape index (κ3) is 1.84. The molecular formula is C13H27N. The lowest BCUT2D eigenvalue weighted by atomic mass is 9.57. The fourth-order valence-electron chi connectivity index (χ4n) is 2.99. The Morgan fingerprint density at radius 2 is 1.50 bits per heavy atom. The molecular weight excluding hydrogens is 170 g/mol. The van der Waals surface area contributed by atoms with Crippen LogP contribution in [0.3, 0.4) is 0 Å². The van der Waals surface area contributed by atoms with Gasteiger partial charge < -0.3 is 5.73 Å². The first kappa shape index (κ1) is 12.0. The quantitative estimate of drug-likeness (QED) is 0.719. The molecule has 0 amide bonds. The molecule has 1 aliphatic carbocycles. The first-order valence-electron chi connectivity index (χ1n) is 6.10. The summed E-state index contributed by atoms with van der Waals surface area (Å²) in [5.41, 5.74) is 7.05. The van der Waals surface area contributed by atoms with Gasteiger partial charge in [0.05, 0.1) is 0 Å². The molecule has 0 bridgehead atoms. The fourth-order valence-corrected chi connectivity index (χ4v) is 2.99. The van der Waals surface area contributed by atoms with E-state index in [1.54, 1.807) is 0 Å². The molecule has 2 N–H and O–H groups in total. The Balaban J connectivity index is 2.88. The van der Waals surface area contributed by atoms with Gasteiger partial charge in [0.2, 0.25) is 0 Å². The van der Waals surface area contributed by atoms with Crippen molar-refractivity contribution in [2.45, 2.75) is 65.8 Å². The Kier molecular flexibility index (Phi) is 3.30. The van der Waals surface area contributed by atoms with Crippen LogP contribution in [0.2, 0.25) is 0 Å². The van der Waals surface area contributed by atoms with Gasteiger partial charge in [-0.2, -0.15) is 0 Å². The van der Waals surface area contributed by atoms with Crippen molar-refractivity contribution in [3.05, 3.63) is 0 Å². The van der Waals surface area contributed by atoms with Crippen LogP contribution in [0, 0.1) is 17.3 Å². The third-order valence-corrected chi connectivity index (χ3v) is 4.71. The molecule has 1 heteroatoms. The van der Waals surface area contributed by atoms with E-state index >= 15 is 0 Å². The number of nitrogens with two attached hydrogens (primary N) is 1. The van der Waals surface area contributed by atoms with Gasteiger partial charge in [-0.3, -0.25) is 0 Å². The molecule has 84 valence electrons. The van der Waals surface area contributed by atoms with Crippen molar-refractivity contribution in [3.63, 3.8) is 0 Å². The van der Waals surface area contributed by atoms with Crippen LogP contribution in [0.4, 0.5) is 0 Å². The zero-order valence-corrected chi connectivity index (χ0v) is 10.6. The molecule has 0 radical (unpaired) electrons. The van der Waals surface area contributed by atoms with Crippen LogP contribution in [-0.2, 0) is 0 Å². The Labute approximate surface area is 89.5 Å². The summed E-state index contributed by atoms with van der Waals surface area (Å²) >= 11 is 0. The average molecular weight is 197 g/mol. The maximum atomic E-state index is 6.68.